The molecule has 0 aliphatic heterocycles. The van der Waals surface area contributed by atoms with E-state index in [4.69, 9.17) is 25.8 Å². The van der Waals surface area contributed by atoms with Gasteiger partial charge >= 0.3 is 0 Å². The van der Waals surface area contributed by atoms with Crippen LogP contribution >= 0.6 is 11.6 Å². The Morgan fingerprint density at radius 2 is 1.89 bits per heavy atom. The summed E-state index contributed by atoms with van der Waals surface area (Å²) in [5.41, 5.74) is 0.637. The molecule has 0 saturated heterocycles. The number of hydrogen-bond donors (Lipinski definition) is 1. The van der Waals surface area contributed by atoms with Crippen molar-refractivity contribution in [2.45, 2.75) is 26.1 Å². The van der Waals surface area contributed by atoms with Gasteiger partial charge in [0.25, 0.3) is 0 Å². The fraction of sp³-hybridized carbons (Fsp3) is 0.538. The van der Waals surface area contributed by atoms with Crippen LogP contribution in [0.25, 0.3) is 0 Å². The number of hydrogen-bond acceptors (Lipinski definition) is 4. The molecule has 0 aromatic heterocycles. The second-order valence-electron chi connectivity index (χ2n) is 4.14. The summed E-state index contributed by atoms with van der Waals surface area (Å²) >= 11 is 6.06. The normalized spacial score (nSPS) is 12.6. The average Bonchev–Trinajstić information content (AvgIpc) is 2.34. The van der Waals surface area contributed by atoms with Gasteiger partial charge in [-0.1, -0.05) is 11.6 Å². The van der Waals surface area contributed by atoms with Gasteiger partial charge in [0.2, 0.25) is 0 Å². The molecule has 0 fully saturated rings. The van der Waals surface area contributed by atoms with E-state index < -0.39 is 6.10 Å². The van der Waals surface area contributed by atoms with Gasteiger partial charge in [-0.2, -0.15) is 0 Å². The first-order chi connectivity index (χ1) is 8.49. The molecule has 1 rings (SSSR count). The molecular weight excluding hydrogens is 256 g/mol. The van der Waals surface area contributed by atoms with Gasteiger partial charge in [-0.25, -0.2) is 0 Å². The summed E-state index contributed by atoms with van der Waals surface area (Å²) < 4.78 is 15.7. The zero-order chi connectivity index (χ0) is 13.7. The largest absolute Gasteiger partial charge is 0.493 e. The second-order valence-corrected chi connectivity index (χ2v) is 4.54. The number of halogens is 1. The van der Waals surface area contributed by atoms with Gasteiger partial charge in [0, 0.05) is 0 Å². The Morgan fingerprint density at radius 1 is 1.22 bits per heavy atom. The van der Waals surface area contributed by atoms with E-state index in [-0.39, 0.29) is 12.7 Å². The van der Waals surface area contributed by atoms with Gasteiger partial charge in [-0.05, 0) is 31.5 Å². The van der Waals surface area contributed by atoms with Crippen LogP contribution in [-0.2, 0) is 4.74 Å². The van der Waals surface area contributed by atoms with Crippen LogP contribution < -0.4 is 9.47 Å². The van der Waals surface area contributed by atoms with Gasteiger partial charge in [0.15, 0.2) is 11.5 Å². The average molecular weight is 275 g/mol. The Balaban J connectivity index is 2.93. The monoisotopic (exact) mass is 274 g/mol. The molecule has 1 unspecified atom stereocenters. The molecule has 5 heteroatoms. The lowest BCUT2D eigenvalue weighted by Gasteiger charge is -2.16. The van der Waals surface area contributed by atoms with Crippen molar-refractivity contribution < 1.29 is 19.3 Å². The van der Waals surface area contributed by atoms with Gasteiger partial charge in [-0.3, -0.25) is 0 Å². The first-order valence-electron chi connectivity index (χ1n) is 5.70. The Labute approximate surface area is 112 Å². The Bertz CT molecular complexity index is 393. The smallest absolute Gasteiger partial charge is 0.179 e. The third-order valence-corrected chi connectivity index (χ3v) is 2.71. The minimum absolute atomic E-state index is 0.0651. The van der Waals surface area contributed by atoms with Gasteiger partial charge in [-0.15, -0.1) is 0 Å². The molecule has 102 valence electrons. The number of benzene rings is 1. The summed E-state index contributed by atoms with van der Waals surface area (Å²) in [6.45, 7) is 4.03. The maximum atomic E-state index is 10.00. The van der Waals surface area contributed by atoms with Crippen molar-refractivity contribution in [2.24, 2.45) is 0 Å². The lowest BCUT2D eigenvalue weighted by molar-refractivity contribution is 0.00485. The quantitative estimate of drug-likeness (QED) is 0.867. The van der Waals surface area contributed by atoms with E-state index in [9.17, 15) is 5.11 Å². The maximum Gasteiger partial charge on any atom is 0.179 e. The van der Waals surface area contributed by atoms with Crippen LogP contribution in [0.2, 0.25) is 5.02 Å². The molecule has 1 atom stereocenters. The molecule has 18 heavy (non-hydrogen) atoms. The van der Waals surface area contributed by atoms with Gasteiger partial charge in [0.1, 0.15) is 6.10 Å². The van der Waals surface area contributed by atoms with E-state index >= 15 is 0 Å². The van der Waals surface area contributed by atoms with E-state index in [1.165, 1.54) is 14.2 Å². The Kier molecular flexibility index (Phi) is 5.72. The molecule has 0 spiro atoms. The van der Waals surface area contributed by atoms with Crippen LogP contribution in [0.3, 0.4) is 0 Å². The van der Waals surface area contributed by atoms with E-state index in [2.05, 4.69) is 0 Å². The van der Waals surface area contributed by atoms with Crippen LogP contribution in [0.5, 0.6) is 11.5 Å². The zero-order valence-electron chi connectivity index (χ0n) is 11.1. The fourth-order valence-corrected chi connectivity index (χ4v) is 1.81. The molecular formula is C13H19ClO4. The number of ether oxygens (including phenoxy) is 3. The lowest BCUT2D eigenvalue weighted by Crippen LogP contribution is -2.12. The second kappa shape index (κ2) is 6.83. The van der Waals surface area contributed by atoms with Gasteiger partial charge in [0.05, 0.1) is 32.0 Å². The van der Waals surface area contributed by atoms with Crippen molar-refractivity contribution in [3.63, 3.8) is 0 Å². The first kappa shape index (κ1) is 15.1. The molecule has 0 aliphatic carbocycles. The van der Waals surface area contributed by atoms with E-state index in [0.29, 0.717) is 22.1 Å². The highest BCUT2D eigenvalue weighted by Gasteiger charge is 2.16. The van der Waals surface area contributed by atoms with Crippen molar-refractivity contribution in [2.75, 3.05) is 20.8 Å². The van der Waals surface area contributed by atoms with Crippen molar-refractivity contribution in [1.82, 2.24) is 0 Å². The molecule has 1 aromatic carbocycles. The zero-order valence-corrected chi connectivity index (χ0v) is 11.8. The summed E-state index contributed by atoms with van der Waals surface area (Å²) in [5.74, 6) is 0.948. The Morgan fingerprint density at radius 3 is 2.39 bits per heavy atom. The van der Waals surface area contributed by atoms with Crippen LogP contribution in [-0.4, -0.2) is 32.0 Å². The van der Waals surface area contributed by atoms with Crippen molar-refractivity contribution in [1.29, 1.82) is 0 Å². The lowest BCUT2D eigenvalue weighted by atomic mass is 10.1. The highest BCUT2D eigenvalue weighted by atomic mass is 35.5. The molecule has 0 bridgehead atoms. The SMILES string of the molecule is COc1cc(C(O)COC(C)C)cc(Cl)c1OC. The predicted molar refractivity (Wildman–Crippen MR) is 70.6 cm³/mol. The van der Waals surface area contributed by atoms with E-state index in [1.807, 2.05) is 13.8 Å². The summed E-state index contributed by atoms with van der Waals surface area (Å²) in [5, 5.41) is 10.4. The number of aliphatic hydroxyl groups is 1. The van der Waals surface area contributed by atoms with Gasteiger partial charge < -0.3 is 19.3 Å². The number of rotatable bonds is 6. The van der Waals surface area contributed by atoms with Crippen molar-refractivity contribution >= 4 is 11.6 Å². The van der Waals surface area contributed by atoms with Crippen molar-refractivity contribution in [3.8, 4) is 11.5 Å². The number of aliphatic hydroxyl groups excluding tert-OH is 1. The third kappa shape index (κ3) is 3.77. The molecule has 0 amide bonds. The predicted octanol–water partition coefficient (Wildman–Crippen LogP) is 2.82. The summed E-state index contributed by atoms with van der Waals surface area (Å²) in [6.07, 6.45) is -0.681. The molecule has 0 aliphatic rings. The fourth-order valence-electron chi connectivity index (χ4n) is 1.51. The summed E-state index contributed by atoms with van der Waals surface area (Å²) in [7, 11) is 3.04. The first-order valence-corrected chi connectivity index (χ1v) is 6.08. The highest BCUT2D eigenvalue weighted by Crippen LogP contribution is 2.37. The molecule has 0 radical (unpaired) electrons. The van der Waals surface area contributed by atoms with E-state index in [1.54, 1.807) is 12.1 Å². The summed E-state index contributed by atoms with van der Waals surface area (Å²) in [4.78, 5) is 0. The minimum atomic E-state index is -0.746. The minimum Gasteiger partial charge on any atom is -0.493 e. The Hall–Kier alpha value is -0.970. The standard InChI is InChI=1S/C13H19ClO4/c1-8(2)18-7-11(15)9-5-10(14)13(17-4)12(6-9)16-3/h5-6,8,11,15H,7H2,1-4H3. The molecule has 0 heterocycles. The third-order valence-electron chi connectivity index (χ3n) is 2.43. The van der Waals surface area contributed by atoms with Crippen molar-refractivity contribution in [3.05, 3.63) is 22.7 Å². The molecule has 4 nitrogen and oxygen atoms in total. The number of methoxy groups -OCH3 is 2. The van der Waals surface area contributed by atoms with Crippen LogP contribution in [0.15, 0.2) is 12.1 Å². The van der Waals surface area contributed by atoms with Crippen LogP contribution in [0.4, 0.5) is 0 Å². The highest BCUT2D eigenvalue weighted by molar-refractivity contribution is 6.32. The van der Waals surface area contributed by atoms with Crippen LogP contribution in [0, 0.1) is 0 Å². The topological polar surface area (TPSA) is 47.9 Å². The molecule has 0 saturated carbocycles. The molecule has 1 N–H and O–H groups in total. The molecule has 1 aromatic rings. The summed E-state index contributed by atoms with van der Waals surface area (Å²) in [6, 6.07) is 3.34. The van der Waals surface area contributed by atoms with Crippen LogP contribution in [0.1, 0.15) is 25.5 Å². The maximum absolute atomic E-state index is 10.00. The van der Waals surface area contributed by atoms with E-state index in [0.717, 1.165) is 0 Å².